The second-order valence-electron chi connectivity index (χ2n) is 11.8. The Hall–Kier alpha value is -3.95. The van der Waals surface area contributed by atoms with Crippen LogP contribution in [0.3, 0.4) is 0 Å². The van der Waals surface area contributed by atoms with Gasteiger partial charge in [0.25, 0.3) is 11.8 Å². The maximum absolute atomic E-state index is 14.1. The number of tetrazole rings is 1. The molecule has 1 fully saturated rings. The molecule has 0 saturated heterocycles. The third kappa shape index (κ3) is 5.39. The van der Waals surface area contributed by atoms with Gasteiger partial charge in [0.1, 0.15) is 17.2 Å². The van der Waals surface area contributed by atoms with Gasteiger partial charge in [0.15, 0.2) is 5.82 Å². The topological polar surface area (TPSA) is 116 Å². The largest absolute Gasteiger partial charge is 0.345 e. The summed E-state index contributed by atoms with van der Waals surface area (Å²) in [7, 11) is 0. The highest BCUT2D eigenvalue weighted by Gasteiger charge is 2.52. The van der Waals surface area contributed by atoms with Crippen molar-refractivity contribution in [2.45, 2.75) is 78.0 Å². The van der Waals surface area contributed by atoms with Gasteiger partial charge in [-0.15, -0.1) is 10.2 Å². The molecule has 2 aromatic carbocycles. The van der Waals surface area contributed by atoms with Crippen LogP contribution in [0.5, 0.6) is 0 Å². The van der Waals surface area contributed by atoms with Crippen LogP contribution >= 0.6 is 0 Å². The van der Waals surface area contributed by atoms with Gasteiger partial charge in [0.05, 0.1) is 12.6 Å². The summed E-state index contributed by atoms with van der Waals surface area (Å²) < 4.78 is 13.7. The zero-order valence-corrected chi connectivity index (χ0v) is 23.4. The second-order valence-corrected chi connectivity index (χ2v) is 11.8. The number of aliphatic imine (C=N–C) groups is 1. The lowest BCUT2D eigenvalue weighted by molar-refractivity contribution is -0.133. The number of rotatable bonds is 7. The van der Waals surface area contributed by atoms with Gasteiger partial charge < -0.3 is 10.2 Å². The molecule has 210 valence electrons. The first kappa shape index (κ1) is 27.6. The number of nitrogens with zero attached hydrogens (tertiary/aromatic N) is 5. The molecular formula is C30H36FN7O2. The summed E-state index contributed by atoms with van der Waals surface area (Å²) in [5, 5.41) is 16.3. The van der Waals surface area contributed by atoms with E-state index in [0.717, 1.165) is 31.2 Å². The molecule has 0 radical (unpaired) electrons. The molecular weight excluding hydrogens is 509 g/mol. The minimum atomic E-state index is -0.649. The summed E-state index contributed by atoms with van der Waals surface area (Å²) in [4.78, 5) is 33.9. The fourth-order valence-electron chi connectivity index (χ4n) is 6.08. The molecule has 40 heavy (non-hydrogen) atoms. The number of halogens is 1. The molecule has 2 amide bonds. The van der Waals surface area contributed by atoms with E-state index in [4.69, 9.17) is 4.99 Å². The first-order chi connectivity index (χ1) is 19.1. The molecule has 0 unspecified atom stereocenters. The molecule has 3 aromatic rings. The predicted octanol–water partition coefficient (Wildman–Crippen LogP) is 4.98. The van der Waals surface area contributed by atoms with Crippen molar-refractivity contribution in [1.82, 2.24) is 30.8 Å². The summed E-state index contributed by atoms with van der Waals surface area (Å²) >= 11 is 0. The summed E-state index contributed by atoms with van der Waals surface area (Å²) in [5.41, 5.74) is 2.00. The Labute approximate surface area is 233 Å². The molecule has 5 rings (SSSR count). The van der Waals surface area contributed by atoms with Gasteiger partial charge in [0, 0.05) is 11.1 Å². The van der Waals surface area contributed by atoms with E-state index in [-0.39, 0.29) is 35.6 Å². The van der Waals surface area contributed by atoms with Gasteiger partial charge in [-0.05, 0) is 85.4 Å². The molecule has 2 N–H and O–H groups in total. The van der Waals surface area contributed by atoms with E-state index in [1.54, 1.807) is 24.3 Å². The standard InChI is InChI=1S/C30H36FN7O2/c1-5-24(19-6-8-21(9-7-19)27(39)32-18-25-34-36-37-35-25)38-28(40)26(20-10-12-23(31)13-11-20)33-30(38)16-14-22(15-17-30)29(2,3)4/h6-13,22,24H,5,14-18H2,1-4H3,(H,32,39)(H,34,35,36,37)/t22?,24-,30?/m1/s1. The molecule has 10 heteroatoms. The number of aromatic amines is 1. The van der Waals surface area contributed by atoms with E-state index in [1.165, 1.54) is 12.1 Å². The first-order valence-corrected chi connectivity index (χ1v) is 13.9. The van der Waals surface area contributed by atoms with Crippen molar-refractivity contribution < 1.29 is 14.0 Å². The number of benzene rings is 2. The molecule has 1 aromatic heterocycles. The molecule has 2 heterocycles. The zero-order valence-electron chi connectivity index (χ0n) is 23.4. The molecule has 1 aliphatic carbocycles. The van der Waals surface area contributed by atoms with Crippen LogP contribution in [0.4, 0.5) is 4.39 Å². The van der Waals surface area contributed by atoms with Crippen molar-refractivity contribution in [2.24, 2.45) is 16.3 Å². The van der Waals surface area contributed by atoms with Crippen LogP contribution in [0.25, 0.3) is 0 Å². The average molecular weight is 546 g/mol. The highest BCUT2D eigenvalue weighted by atomic mass is 19.1. The van der Waals surface area contributed by atoms with Gasteiger partial charge in [0.2, 0.25) is 0 Å². The number of H-pyrrole nitrogens is 1. The lowest BCUT2D eigenvalue weighted by Gasteiger charge is -2.47. The van der Waals surface area contributed by atoms with Gasteiger partial charge in [-0.2, -0.15) is 5.21 Å². The quantitative estimate of drug-likeness (QED) is 0.434. The van der Waals surface area contributed by atoms with Crippen LogP contribution in [0.1, 0.15) is 93.2 Å². The van der Waals surface area contributed by atoms with Crippen LogP contribution in [-0.4, -0.2) is 48.7 Å². The second kappa shape index (κ2) is 10.9. The van der Waals surface area contributed by atoms with E-state index in [9.17, 15) is 14.0 Å². The predicted molar refractivity (Wildman–Crippen MR) is 149 cm³/mol. The summed E-state index contributed by atoms with van der Waals surface area (Å²) in [6.45, 7) is 9.05. The lowest BCUT2D eigenvalue weighted by Crippen LogP contribution is -2.51. The SMILES string of the molecule is CC[C@H](c1ccc(C(=O)NCc2nn[nH]n2)cc1)N1C(=O)C(c2ccc(F)cc2)=NC12CCC(C(C)(C)C)CC2. The molecule has 2 aliphatic rings. The fourth-order valence-corrected chi connectivity index (χ4v) is 6.08. The maximum atomic E-state index is 14.1. The van der Waals surface area contributed by atoms with Crippen LogP contribution in [-0.2, 0) is 11.3 Å². The summed E-state index contributed by atoms with van der Waals surface area (Å²) in [5.74, 6) is 0.215. The minimum Gasteiger partial charge on any atom is -0.345 e. The van der Waals surface area contributed by atoms with Crippen molar-refractivity contribution in [1.29, 1.82) is 0 Å². The lowest BCUT2D eigenvalue weighted by atomic mass is 9.69. The van der Waals surface area contributed by atoms with Gasteiger partial charge in [-0.1, -0.05) is 45.0 Å². The summed E-state index contributed by atoms with van der Waals surface area (Å²) in [6, 6.07) is 13.2. The average Bonchev–Trinajstić information content (AvgIpc) is 3.56. The number of aromatic nitrogens is 4. The van der Waals surface area contributed by atoms with E-state index >= 15 is 0 Å². The number of amides is 2. The number of carbonyl (C=O) groups excluding carboxylic acids is 2. The Bertz CT molecular complexity index is 1370. The Morgan fingerprint density at radius 1 is 1.12 bits per heavy atom. The van der Waals surface area contributed by atoms with Crippen molar-refractivity contribution in [3.8, 4) is 0 Å². The Kier molecular flexibility index (Phi) is 7.53. The monoisotopic (exact) mass is 545 g/mol. The molecule has 1 atom stereocenters. The molecule has 0 bridgehead atoms. The van der Waals surface area contributed by atoms with Crippen molar-refractivity contribution in [2.75, 3.05) is 0 Å². The van der Waals surface area contributed by atoms with Crippen LogP contribution in [0.15, 0.2) is 53.5 Å². The molecule has 1 spiro atoms. The van der Waals surface area contributed by atoms with Gasteiger partial charge >= 0.3 is 0 Å². The third-order valence-corrected chi connectivity index (χ3v) is 8.37. The van der Waals surface area contributed by atoms with E-state index in [1.807, 2.05) is 17.0 Å². The number of hydrogen-bond acceptors (Lipinski definition) is 6. The first-order valence-electron chi connectivity index (χ1n) is 13.9. The van der Waals surface area contributed by atoms with Crippen LogP contribution < -0.4 is 5.32 Å². The van der Waals surface area contributed by atoms with Gasteiger partial charge in [-0.25, -0.2) is 4.39 Å². The number of carbonyl (C=O) groups is 2. The maximum Gasteiger partial charge on any atom is 0.275 e. The minimum absolute atomic E-state index is 0.130. The van der Waals surface area contributed by atoms with E-state index in [2.05, 4.69) is 53.6 Å². The molecule has 1 aliphatic heterocycles. The number of nitrogens with one attached hydrogen (secondary N) is 2. The van der Waals surface area contributed by atoms with E-state index < -0.39 is 5.66 Å². The Balaban J connectivity index is 1.42. The Morgan fingerprint density at radius 2 is 1.80 bits per heavy atom. The van der Waals surface area contributed by atoms with Crippen molar-refractivity contribution in [3.05, 3.63) is 76.9 Å². The molecule has 9 nitrogen and oxygen atoms in total. The smallest absolute Gasteiger partial charge is 0.275 e. The van der Waals surface area contributed by atoms with Crippen LogP contribution in [0, 0.1) is 17.2 Å². The highest BCUT2D eigenvalue weighted by molar-refractivity contribution is 6.46. The van der Waals surface area contributed by atoms with Crippen molar-refractivity contribution >= 4 is 17.5 Å². The third-order valence-electron chi connectivity index (χ3n) is 8.37. The molecule has 1 saturated carbocycles. The van der Waals surface area contributed by atoms with E-state index in [0.29, 0.717) is 35.0 Å². The fraction of sp³-hybridized carbons (Fsp3) is 0.467. The van der Waals surface area contributed by atoms with Crippen LogP contribution in [0.2, 0.25) is 0 Å². The zero-order chi connectivity index (χ0) is 28.5. The Morgan fingerprint density at radius 3 is 2.38 bits per heavy atom. The van der Waals surface area contributed by atoms with Crippen molar-refractivity contribution in [3.63, 3.8) is 0 Å². The number of hydrogen-bond donors (Lipinski definition) is 2. The van der Waals surface area contributed by atoms with Gasteiger partial charge in [-0.3, -0.25) is 14.6 Å². The summed E-state index contributed by atoms with van der Waals surface area (Å²) in [6.07, 6.45) is 4.19. The highest BCUT2D eigenvalue weighted by Crippen LogP contribution is 2.49. The normalized spacial score (nSPS) is 21.9.